The minimum absolute atomic E-state index is 0.0365. The molecule has 0 spiro atoms. The van der Waals surface area contributed by atoms with Crippen LogP contribution in [0.5, 0.6) is 5.75 Å². The molecule has 1 aliphatic heterocycles. The van der Waals surface area contributed by atoms with Crippen LogP contribution in [-0.4, -0.2) is 65.5 Å². The topological polar surface area (TPSA) is 178 Å². The quantitative estimate of drug-likeness (QED) is 0.301. The fraction of sp³-hybridized carbons (Fsp3) is 0.529. The SMILES string of the molecule is CC(C)Oc1ccc(CN2C(=O)[C@@H](N)CS(=O)(=O)c3cc(F)c(C(=O)NC45CCC(c6noc(C(C)(C)CO)n6)(CC4)CC5)cc32)cc1. The number of carbonyl (C=O) groups is 2. The number of fused-ring (bicyclic) bond motifs is 4. The third-order valence-corrected chi connectivity index (χ3v) is 11.8. The van der Waals surface area contributed by atoms with Crippen LogP contribution in [0, 0.1) is 5.82 Å². The molecule has 0 unspecified atom stereocenters. The number of aromatic nitrogens is 2. The van der Waals surface area contributed by atoms with Gasteiger partial charge >= 0.3 is 0 Å². The van der Waals surface area contributed by atoms with E-state index in [2.05, 4.69) is 15.5 Å². The van der Waals surface area contributed by atoms with Gasteiger partial charge in [0, 0.05) is 11.0 Å². The number of aliphatic hydroxyl groups excluding tert-OH is 1. The summed E-state index contributed by atoms with van der Waals surface area (Å²) in [6.07, 6.45) is 3.80. The molecular weight excluding hydrogens is 641 g/mol. The zero-order valence-corrected chi connectivity index (χ0v) is 28.4. The Morgan fingerprint density at radius 2 is 1.81 bits per heavy atom. The summed E-state index contributed by atoms with van der Waals surface area (Å²) in [7, 11) is -4.16. The fourth-order valence-corrected chi connectivity index (χ4v) is 8.55. The summed E-state index contributed by atoms with van der Waals surface area (Å²) in [5.74, 6) is -1.43. The van der Waals surface area contributed by atoms with Gasteiger partial charge in [-0.1, -0.05) is 17.3 Å². The van der Waals surface area contributed by atoms with Gasteiger partial charge in [-0.25, -0.2) is 12.8 Å². The highest BCUT2D eigenvalue weighted by atomic mass is 32.2. The Hall–Kier alpha value is -3.88. The lowest BCUT2D eigenvalue weighted by molar-refractivity contribution is -0.119. The number of nitrogens with two attached hydrogens (primary N) is 1. The molecule has 1 aromatic heterocycles. The van der Waals surface area contributed by atoms with Crippen molar-refractivity contribution in [3.8, 4) is 5.75 Å². The molecule has 2 bridgehead atoms. The number of benzene rings is 2. The number of amides is 2. The molecule has 2 aromatic carbocycles. The number of anilines is 1. The number of nitrogens with zero attached hydrogens (tertiary/aromatic N) is 3. The fourth-order valence-electron chi connectivity index (χ4n) is 6.98. The Labute approximate surface area is 279 Å². The minimum Gasteiger partial charge on any atom is -0.491 e. The van der Waals surface area contributed by atoms with E-state index in [1.165, 1.54) is 4.90 Å². The molecule has 1 atom stereocenters. The molecular formula is C34H42FN5O7S. The first-order valence-electron chi connectivity index (χ1n) is 16.2. The van der Waals surface area contributed by atoms with Crippen molar-refractivity contribution in [3.05, 3.63) is 65.1 Å². The van der Waals surface area contributed by atoms with Gasteiger partial charge in [-0.15, -0.1) is 0 Å². The van der Waals surface area contributed by atoms with E-state index in [1.54, 1.807) is 24.3 Å². The number of ether oxygens (including phenoxy) is 1. The summed E-state index contributed by atoms with van der Waals surface area (Å²) in [4.78, 5) is 32.7. The summed E-state index contributed by atoms with van der Waals surface area (Å²) < 4.78 is 53.5. The number of halogens is 1. The van der Waals surface area contributed by atoms with E-state index in [0.717, 1.165) is 12.1 Å². The second kappa shape index (κ2) is 12.2. The van der Waals surface area contributed by atoms with Gasteiger partial charge in [0.1, 0.15) is 11.6 Å². The lowest BCUT2D eigenvalue weighted by Gasteiger charge is -2.52. The van der Waals surface area contributed by atoms with Gasteiger partial charge < -0.3 is 30.3 Å². The van der Waals surface area contributed by atoms with Crippen LogP contribution >= 0.6 is 0 Å². The molecule has 14 heteroatoms. The summed E-state index contributed by atoms with van der Waals surface area (Å²) in [6.45, 7) is 7.26. The second-order valence-corrected chi connectivity index (χ2v) is 16.4. The van der Waals surface area contributed by atoms with Crippen LogP contribution in [-0.2, 0) is 32.0 Å². The number of aliphatic hydroxyl groups is 1. The van der Waals surface area contributed by atoms with E-state index in [9.17, 15) is 23.1 Å². The van der Waals surface area contributed by atoms with Gasteiger partial charge in [0.15, 0.2) is 15.7 Å². The highest BCUT2D eigenvalue weighted by molar-refractivity contribution is 7.91. The lowest BCUT2D eigenvalue weighted by Crippen LogP contribution is -2.58. The van der Waals surface area contributed by atoms with Crippen LogP contribution in [0.15, 0.2) is 45.8 Å². The molecule has 3 aromatic rings. The Morgan fingerprint density at radius 3 is 2.42 bits per heavy atom. The van der Waals surface area contributed by atoms with Gasteiger partial charge in [0.25, 0.3) is 5.91 Å². The van der Waals surface area contributed by atoms with Gasteiger partial charge in [-0.3, -0.25) is 9.59 Å². The molecule has 48 heavy (non-hydrogen) atoms. The van der Waals surface area contributed by atoms with Crippen molar-refractivity contribution in [1.82, 2.24) is 15.5 Å². The Kier molecular flexibility index (Phi) is 8.66. The molecule has 3 aliphatic carbocycles. The van der Waals surface area contributed by atoms with E-state index in [1.807, 2.05) is 27.7 Å². The predicted octanol–water partition coefficient (Wildman–Crippen LogP) is 3.69. The molecule has 2 amide bonds. The van der Waals surface area contributed by atoms with Gasteiger partial charge in [0.05, 0.1) is 52.6 Å². The summed E-state index contributed by atoms with van der Waals surface area (Å²) in [6, 6.07) is 7.59. The molecule has 12 nitrogen and oxygen atoms in total. The first-order chi connectivity index (χ1) is 22.6. The zero-order chi connectivity index (χ0) is 34.6. The first kappa shape index (κ1) is 34.0. The van der Waals surface area contributed by atoms with Crippen molar-refractivity contribution in [2.24, 2.45) is 5.73 Å². The van der Waals surface area contributed by atoms with Gasteiger partial charge in [-0.2, -0.15) is 4.98 Å². The van der Waals surface area contributed by atoms with Crippen molar-refractivity contribution >= 4 is 27.3 Å². The standard InChI is InChI=1S/C34H42FN5O7S/c1-20(2)46-22-7-5-21(6-8-22)17-40-26-15-23(24(35)16-27(26)48(44,45)18-25(36)29(40)43)28(42)38-34-12-9-33(10-13-34,11-14-34)30-37-31(47-39-30)32(3,4)19-41/h5-8,15-16,20,25,41H,9-14,17-19,36H2,1-4H3,(H,38,42)/t25-,33?,34?/m0/s1. The van der Waals surface area contributed by atoms with Crippen LogP contribution in [0.25, 0.3) is 0 Å². The molecule has 7 rings (SSSR count). The van der Waals surface area contributed by atoms with Crippen molar-refractivity contribution < 1.29 is 36.8 Å². The predicted molar refractivity (Wildman–Crippen MR) is 174 cm³/mol. The van der Waals surface area contributed by atoms with E-state index < -0.39 is 50.2 Å². The van der Waals surface area contributed by atoms with E-state index >= 15 is 4.39 Å². The van der Waals surface area contributed by atoms with E-state index in [4.69, 9.17) is 15.0 Å². The molecule has 0 saturated heterocycles. The lowest BCUT2D eigenvalue weighted by atomic mass is 9.57. The van der Waals surface area contributed by atoms with Gasteiger partial charge in [0.2, 0.25) is 11.8 Å². The second-order valence-electron chi connectivity index (χ2n) is 14.4. The average molecular weight is 684 g/mol. The van der Waals surface area contributed by atoms with E-state index in [-0.39, 0.29) is 40.8 Å². The maximum atomic E-state index is 15.7. The largest absolute Gasteiger partial charge is 0.491 e. The highest BCUT2D eigenvalue weighted by Crippen LogP contribution is 2.53. The smallest absolute Gasteiger partial charge is 0.254 e. The van der Waals surface area contributed by atoms with Crippen LogP contribution < -0.4 is 20.7 Å². The van der Waals surface area contributed by atoms with Crippen LogP contribution in [0.3, 0.4) is 0 Å². The maximum Gasteiger partial charge on any atom is 0.254 e. The van der Waals surface area contributed by atoms with E-state index in [0.29, 0.717) is 61.6 Å². The van der Waals surface area contributed by atoms with Crippen molar-refractivity contribution in [1.29, 1.82) is 0 Å². The molecule has 4 aliphatic rings. The first-order valence-corrected chi connectivity index (χ1v) is 17.9. The number of hydrogen-bond donors (Lipinski definition) is 3. The molecule has 3 fully saturated rings. The van der Waals surface area contributed by atoms with Crippen LogP contribution in [0.1, 0.15) is 93.9 Å². The number of carbonyl (C=O) groups excluding carboxylic acids is 2. The maximum absolute atomic E-state index is 15.7. The molecule has 2 heterocycles. The summed E-state index contributed by atoms with van der Waals surface area (Å²) >= 11 is 0. The monoisotopic (exact) mass is 683 g/mol. The minimum atomic E-state index is -4.16. The Balaban J connectivity index is 1.26. The average Bonchev–Trinajstić information content (AvgIpc) is 3.55. The zero-order valence-electron chi connectivity index (χ0n) is 27.6. The number of sulfone groups is 1. The Bertz CT molecular complexity index is 1820. The number of rotatable bonds is 9. The number of hydrogen-bond acceptors (Lipinski definition) is 10. The highest BCUT2D eigenvalue weighted by Gasteiger charge is 2.52. The summed E-state index contributed by atoms with van der Waals surface area (Å²) in [5.41, 5.74) is 4.67. The number of nitrogens with one attached hydrogen (secondary N) is 1. The normalized spacial score (nSPS) is 25.1. The molecule has 3 saturated carbocycles. The van der Waals surface area contributed by atoms with Crippen molar-refractivity contribution in [2.45, 2.75) is 106 Å². The van der Waals surface area contributed by atoms with Crippen molar-refractivity contribution in [2.75, 3.05) is 17.3 Å². The summed E-state index contributed by atoms with van der Waals surface area (Å²) in [5, 5.41) is 17.0. The Morgan fingerprint density at radius 1 is 1.17 bits per heavy atom. The third kappa shape index (κ3) is 6.21. The van der Waals surface area contributed by atoms with Crippen molar-refractivity contribution in [3.63, 3.8) is 0 Å². The molecule has 0 radical (unpaired) electrons. The molecule has 258 valence electrons. The van der Waals surface area contributed by atoms with Crippen LogP contribution in [0.4, 0.5) is 10.1 Å². The molecule has 4 N–H and O–H groups in total. The third-order valence-electron chi connectivity index (χ3n) is 10.0. The van der Waals surface area contributed by atoms with Crippen LogP contribution in [0.2, 0.25) is 0 Å². The van der Waals surface area contributed by atoms with Gasteiger partial charge in [-0.05, 0) is 96.0 Å².